The second-order valence-electron chi connectivity index (χ2n) is 7.97. The molecule has 3 aromatic rings. The Morgan fingerprint density at radius 3 is 1.97 bits per heavy atom. The zero-order chi connectivity index (χ0) is 25.4. The van der Waals surface area contributed by atoms with Crippen LogP contribution < -0.4 is 10.2 Å². The fourth-order valence-corrected chi connectivity index (χ4v) is 4.64. The average molecular weight is 505 g/mol. The van der Waals surface area contributed by atoms with Gasteiger partial charge in [-0.1, -0.05) is 12.1 Å². The van der Waals surface area contributed by atoms with Crippen LogP contribution in [-0.4, -0.2) is 41.5 Å². The molecule has 1 aromatic heterocycles. The van der Waals surface area contributed by atoms with E-state index in [9.17, 15) is 36.3 Å². The van der Waals surface area contributed by atoms with E-state index < -0.39 is 37.7 Å². The highest BCUT2D eigenvalue weighted by atomic mass is 32.2. The van der Waals surface area contributed by atoms with Crippen LogP contribution in [-0.2, 0) is 27.5 Å². The van der Waals surface area contributed by atoms with Gasteiger partial charge in [0.2, 0.25) is 0 Å². The summed E-state index contributed by atoms with van der Waals surface area (Å²) in [6, 6.07) is 12.0. The summed E-state index contributed by atoms with van der Waals surface area (Å²) in [5.41, 5.74) is -5.69. The first-order valence-corrected chi connectivity index (χ1v) is 11.7. The van der Waals surface area contributed by atoms with Crippen molar-refractivity contribution in [1.82, 2.24) is 10.3 Å². The number of pyridine rings is 1. The molecule has 0 radical (unpaired) electrons. The molecule has 0 saturated carbocycles. The molecular weight excluding hydrogens is 487 g/mol. The largest absolute Gasteiger partial charge is 0.508 e. The number of amides is 3. The summed E-state index contributed by atoms with van der Waals surface area (Å²) in [4.78, 5) is 30.3. The van der Waals surface area contributed by atoms with E-state index in [0.29, 0.717) is 23.3 Å². The number of hydrogen-bond donors (Lipinski definition) is 2. The number of carbonyl (C=O) groups is 2. The number of urea groups is 1. The standard InChI is InChI=1S/C23H18F3N3O5S/c24-23(25,26)35(33,34)19-7-3-17(4-8-19)29-20(31)22(28-21(29)32,14-16-9-11-27-12-10-16)13-15-1-5-18(30)6-2-15/h1-12,30H,13-14H2,(H,28,32)/t22-/m1/s1. The maximum absolute atomic E-state index is 13.6. The molecule has 1 aliphatic rings. The summed E-state index contributed by atoms with van der Waals surface area (Å²) in [7, 11) is -5.58. The molecule has 0 aliphatic carbocycles. The van der Waals surface area contributed by atoms with Gasteiger partial charge in [-0.15, -0.1) is 0 Å². The van der Waals surface area contributed by atoms with Gasteiger partial charge >= 0.3 is 11.5 Å². The third-order valence-electron chi connectivity index (χ3n) is 5.57. The third-order valence-corrected chi connectivity index (χ3v) is 7.07. The number of imide groups is 1. The molecule has 1 atom stereocenters. The van der Waals surface area contributed by atoms with Gasteiger partial charge in [0.05, 0.1) is 10.6 Å². The second kappa shape index (κ2) is 8.69. The maximum atomic E-state index is 13.6. The van der Waals surface area contributed by atoms with Gasteiger partial charge in [0.15, 0.2) is 0 Å². The van der Waals surface area contributed by atoms with Crippen molar-refractivity contribution in [3.05, 3.63) is 84.2 Å². The van der Waals surface area contributed by atoms with Crippen molar-refractivity contribution in [3.63, 3.8) is 0 Å². The van der Waals surface area contributed by atoms with Gasteiger partial charge in [-0.05, 0) is 59.7 Å². The van der Waals surface area contributed by atoms with E-state index in [1.165, 1.54) is 24.5 Å². The summed E-state index contributed by atoms with van der Waals surface area (Å²) in [6.07, 6.45) is 3.19. The van der Waals surface area contributed by atoms with E-state index in [0.717, 1.165) is 17.0 Å². The number of anilines is 1. The summed E-state index contributed by atoms with van der Waals surface area (Å²) in [5.74, 6) is -0.645. The number of aromatic hydroxyl groups is 1. The van der Waals surface area contributed by atoms with E-state index in [4.69, 9.17) is 0 Å². The van der Waals surface area contributed by atoms with Crippen LogP contribution in [0.15, 0.2) is 78.0 Å². The Balaban J connectivity index is 1.70. The van der Waals surface area contributed by atoms with E-state index in [1.54, 1.807) is 24.3 Å². The molecule has 12 heteroatoms. The molecule has 0 spiro atoms. The number of nitrogens with one attached hydrogen (secondary N) is 1. The number of phenols is 1. The van der Waals surface area contributed by atoms with Crippen LogP contribution in [0, 0.1) is 0 Å². The molecule has 35 heavy (non-hydrogen) atoms. The zero-order valence-corrected chi connectivity index (χ0v) is 18.7. The lowest BCUT2D eigenvalue weighted by atomic mass is 9.84. The van der Waals surface area contributed by atoms with Crippen LogP contribution in [0.5, 0.6) is 5.75 Å². The third kappa shape index (κ3) is 4.56. The minimum atomic E-state index is -5.58. The molecule has 1 aliphatic heterocycles. The molecule has 182 valence electrons. The quantitative estimate of drug-likeness (QED) is 0.497. The normalized spacial score (nSPS) is 18.5. The van der Waals surface area contributed by atoms with Crippen LogP contribution in [0.1, 0.15) is 11.1 Å². The molecule has 3 amide bonds. The van der Waals surface area contributed by atoms with E-state index in [2.05, 4.69) is 10.3 Å². The Bertz CT molecular complexity index is 1360. The van der Waals surface area contributed by atoms with Crippen LogP contribution in [0.4, 0.5) is 23.7 Å². The first-order chi connectivity index (χ1) is 16.4. The highest BCUT2D eigenvalue weighted by Gasteiger charge is 2.52. The summed E-state index contributed by atoms with van der Waals surface area (Å²) in [5, 5.41) is 12.3. The molecule has 1 saturated heterocycles. The van der Waals surface area contributed by atoms with Crippen molar-refractivity contribution >= 4 is 27.5 Å². The summed E-state index contributed by atoms with van der Waals surface area (Å²) in [6.45, 7) is 0. The maximum Gasteiger partial charge on any atom is 0.501 e. The van der Waals surface area contributed by atoms with Gasteiger partial charge in [-0.2, -0.15) is 13.2 Å². The number of carbonyl (C=O) groups excluding carboxylic acids is 2. The van der Waals surface area contributed by atoms with Gasteiger partial charge in [0.25, 0.3) is 15.7 Å². The van der Waals surface area contributed by atoms with Crippen molar-refractivity contribution in [2.75, 3.05) is 4.90 Å². The molecule has 4 rings (SSSR count). The number of nitrogens with zero attached hydrogens (tertiary/aromatic N) is 2. The Morgan fingerprint density at radius 1 is 0.886 bits per heavy atom. The van der Waals surface area contributed by atoms with Crippen LogP contribution in [0.25, 0.3) is 0 Å². The van der Waals surface area contributed by atoms with Crippen molar-refractivity contribution in [2.24, 2.45) is 0 Å². The van der Waals surface area contributed by atoms with Gasteiger partial charge in [-0.25, -0.2) is 18.1 Å². The zero-order valence-electron chi connectivity index (χ0n) is 17.9. The first kappa shape index (κ1) is 24.2. The second-order valence-corrected chi connectivity index (χ2v) is 9.91. The van der Waals surface area contributed by atoms with E-state index >= 15 is 0 Å². The fraction of sp³-hybridized carbons (Fsp3) is 0.174. The number of aromatic nitrogens is 1. The highest BCUT2D eigenvalue weighted by molar-refractivity contribution is 7.92. The number of alkyl halides is 3. The Labute approximate surface area is 197 Å². The molecule has 1 fully saturated rings. The van der Waals surface area contributed by atoms with Crippen molar-refractivity contribution in [2.45, 2.75) is 28.8 Å². The predicted molar refractivity (Wildman–Crippen MR) is 118 cm³/mol. The van der Waals surface area contributed by atoms with Crippen LogP contribution in [0.2, 0.25) is 0 Å². The SMILES string of the molecule is O=C1N[C@@](Cc2ccncc2)(Cc2ccc(O)cc2)C(=O)N1c1ccc(S(=O)(=O)C(F)(F)F)cc1. The summed E-state index contributed by atoms with van der Waals surface area (Å²) >= 11 is 0. The van der Waals surface area contributed by atoms with Gasteiger partial charge < -0.3 is 10.4 Å². The average Bonchev–Trinajstić information content (AvgIpc) is 3.04. The number of sulfone groups is 1. The summed E-state index contributed by atoms with van der Waals surface area (Å²) < 4.78 is 61.8. The number of rotatable bonds is 6. The van der Waals surface area contributed by atoms with Crippen molar-refractivity contribution in [1.29, 1.82) is 0 Å². The highest BCUT2D eigenvalue weighted by Crippen LogP contribution is 2.34. The Hall–Kier alpha value is -3.93. The number of hydrogen-bond acceptors (Lipinski definition) is 6. The van der Waals surface area contributed by atoms with Gasteiger partial charge in [0, 0.05) is 25.2 Å². The van der Waals surface area contributed by atoms with Crippen LogP contribution >= 0.6 is 0 Å². The first-order valence-electron chi connectivity index (χ1n) is 10.2. The van der Waals surface area contributed by atoms with E-state index in [-0.39, 0.29) is 24.3 Å². The minimum absolute atomic E-state index is 0.0224. The number of phenolic OH excluding ortho intramolecular Hbond substituents is 1. The minimum Gasteiger partial charge on any atom is -0.508 e. The fourth-order valence-electron chi connectivity index (χ4n) is 3.88. The Morgan fingerprint density at radius 2 is 1.43 bits per heavy atom. The molecule has 8 nitrogen and oxygen atoms in total. The van der Waals surface area contributed by atoms with Crippen LogP contribution in [0.3, 0.4) is 0 Å². The Kier molecular flexibility index (Phi) is 6.01. The monoisotopic (exact) mass is 505 g/mol. The molecule has 0 bridgehead atoms. The van der Waals surface area contributed by atoms with Crippen molar-refractivity contribution < 1.29 is 36.3 Å². The van der Waals surface area contributed by atoms with E-state index in [1.807, 2.05) is 0 Å². The van der Waals surface area contributed by atoms with Gasteiger partial charge in [-0.3, -0.25) is 9.78 Å². The number of halogens is 3. The molecule has 0 unspecified atom stereocenters. The smallest absolute Gasteiger partial charge is 0.501 e. The van der Waals surface area contributed by atoms with Crippen molar-refractivity contribution in [3.8, 4) is 5.75 Å². The van der Waals surface area contributed by atoms with Gasteiger partial charge in [0.1, 0.15) is 11.3 Å². The lowest BCUT2D eigenvalue weighted by Gasteiger charge is -2.27. The topological polar surface area (TPSA) is 117 Å². The molecule has 2 heterocycles. The predicted octanol–water partition coefficient (Wildman–Crippen LogP) is 3.36. The molecule has 2 N–H and O–H groups in total. The molecular formula is C23H18F3N3O5S. The number of benzene rings is 2. The lowest BCUT2D eigenvalue weighted by Crippen LogP contribution is -2.51. The lowest BCUT2D eigenvalue weighted by molar-refractivity contribution is -0.122. The molecule has 2 aromatic carbocycles.